The topological polar surface area (TPSA) is 47.4 Å². The Kier molecular flexibility index (Phi) is 6.92. The van der Waals surface area contributed by atoms with Gasteiger partial charge in [-0.2, -0.15) is 0 Å². The molecule has 0 aliphatic heterocycles. The molecule has 0 saturated carbocycles. The lowest BCUT2D eigenvalue weighted by Gasteiger charge is -2.26. The van der Waals surface area contributed by atoms with E-state index in [4.69, 9.17) is 9.72 Å². The van der Waals surface area contributed by atoms with Crippen molar-refractivity contribution in [3.8, 4) is 11.4 Å². The Labute approximate surface area is 233 Å². The van der Waals surface area contributed by atoms with Crippen molar-refractivity contribution in [2.75, 3.05) is 4.90 Å². The van der Waals surface area contributed by atoms with Crippen LogP contribution in [0.5, 0.6) is 0 Å². The Morgan fingerprint density at radius 2 is 1.24 bits per heavy atom. The van der Waals surface area contributed by atoms with E-state index in [9.17, 15) is 4.79 Å². The van der Waals surface area contributed by atoms with Gasteiger partial charge in [-0.05, 0) is 106 Å². The van der Waals surface area contributed by atoms with Gasteiger partial charge in [0.05, 0.1) is 11.0 Å². The van der Waals surface area contributed by atoms with Crippen molar-refractivity contribution in [3.63, 3.8) is 0 Å². The summed E-state index contributed by atoms with van der Waals surface area (Å²) >= 11 is 7.06. The maximum atomic E-state index is 13.2. The Morgan fingerprint density at radius 3 is 1.76 bits per heavy atom. The summed E-state index contributed by atoms with van der Waals surface area (Å²) in [6, 6.07) is 32.0. The highest BCUT2D eigenvalue weighted by molar-refractivity contribution is 9.10. The lowest BCUT2D eigenvalue weighted by molar-refractivity contribution is 0.0546. The van der Waals surface area contributed by atoms with Crippen LogP contribution in [0.25, 0.3) is 22.4 Å². The summed E-state index contributed by atoms with van der Waals surface area (Å²) in [5.74, 6) is 0.542. The van der Waals surface area contributed by atoms with Crippen molar-refractivity contribution >= 4 is 66.0 Å². The highest BCUT2D eigenvalue weighted by atomic mass is 79.9. The molecule has 0 aliphatic carbocycles. The van der Waals surface area contributed by atoms with E-state index < -0.39 is 11.7 Å². The second-order valence-corrected chi connectivity index (χ2v) is 11.4. The maximum Gasteiger partial charge on any atom is 0.420 e. The van der Waals surface area contributed by atoms with Gasteiger partial charge in [0.15, 0.2) is 5.82 Å². The molecule has 0 radical (unpaired) electrons. The number of carbonyl (C=O) groups is 1. The van der Waals surface area contributed by atoms with Gasteiger partial charge in [0.2, 0.25) is 0 Å². The molecule has 1 heterocycles. The molecule has 0 bridgehead atoms. The van der Waals surface area contributed by atoms with Crippen molar-refractivity contribution in [3.05, 3.63) is 106 Å². The number of hydrogen-bond donors (Lipinski definition) is 0. The molecule has 5 nitrogen and oxygen atoms in total. The van der Waals surface area contributed by atoms with Crippen LogP contribution < -0.4 is 4.90 Å². The number of rotatable bonds is 4. The number of fused-ring (bicyclic) bond motifs is 1. The molecule has 0 N–H and O–H groups in total. The lowest BCUT2D eigenvalue weighted by atomic mass is 10.1. The van der Waals surface area contributed by atoms with E-state index in [0.29, 0.717) is 11.3 Å². The van der Waals surface area contributed by atoms with Gasteiger partial charge in [-0.1, -0.05) is 44.0 Å². The van der Waals surface area contributed by atoms with E-state index in [-0.39, 0.29) is 0 Å². The number of imidazole rings is 1. The normalized spacial score (nSPS) is 11.5. The van der Waals surface area contributed by atoms with Crippen LogP contribution in [0, 0.1) is 0 Å². The fraction of sp³-hybridized carbons (Fsp3) is 0.133. The standard InChI is InChI=1S/C30H25Br2N3O2/c1-30(2,3)37-29(36)35-27-7-5-4-6-26(27)33-28(35)20-8-14-23(15-9-20)34(24-16-10-21(31)11-17-24)25-18-12-22(32)13-19-25/h4-19H,1-3H3. The van der Waals surface area contributed by atoms with Gasteiger partial charge in [0.1, 0.15) is 5.60 Å². The van der Waals surface area contributed by atoms with Gasteiger partial charge in [-0.3, -0.25) is 0 Å². The highest BCUT2D eigenvalue weighted by Gasteiger charge is 2.24. The molecule has 0 amide bonds. The number of para-hydroxylation sites is 2. The highest BCUT2D eigenvalue weighted by Crippen LogP contribution is 2.37. The summed E-state index contributed by atoms with van der Waals surface area (Å²) in [6.45, 7) is 5.58. The second kappa shape index (κ2) is 10.1. The molecule has 37 heavy (non-hydrogen) atoms. The zero-order valence-electron chi connectivity index (χ0n) is 20.7. The molecule has 0 unspecified atom stereocenters. The molecule has 186 valence electrons. The minimum Gasteiger partial charge on any atom is -0.443 e. The smallest absolute Gasteiger partial charge is 0.420 e. The number of ether oxygens (including phenoxy) is 1. The van der Waals surface area contributed by atoms with Gasteiger partial charge in [-0.15, -0.1) is 0 Å². The Hall–Kier alpha value is -3.42. The van der Waals surface area contributed by atoms with Crippen LogP contribution in [0.15, 0.2) is 106 Å². The number of aromatic nitrogens is 2. The molecule has 0 atom stereocenters. The maximum absolute atomic E-state index is 13.2. The third kappa shape index (κ3) is 5.48. The van der Waals surface area contributed by atoms with Crippen LogP contribution in [0.2, 0.25) is 0 Å². The minimum absolute atomic E-state index is 0.452. The van der Waals surface area contributed by atoms with Gasteiger partial charge < -0.3 is 9.64 Å². The largest absolute Gasteiger partial charge is 0.443 e. The van der Waals surface area contributed by atoms with E-state index in [0.717, 1.165) is 37.1 Å². The van der Waals surface area contributed by atoms with Crippen molar-refractivity contribution < 1.29 is 9.53 Å². The van der Waals surface area contributed by atoms with E-state index in [1.165, 1.54) is 0 Å². The first-order chi connectivity index (χ1) is 17.7. The number of benzene rings is 4. The molecule has 0 aliphatic rings. The van der Waals surface area contributed by atoms with Crippen molar-refractivity contribution in [2.45, 2.75) is 26.4 Å². The van der Waals surface area contributed by atoms with Gasteiger partial charge in [-0.25, -0.2) is 14.3 Å². The summed E-state index contributed by atoms with van der Waals surface area (Å²) in [6.07, 6.45) is -0.452. The average Bonchev–Trinajstić information content (AvgIpc) is 3.26. The summed E-state index contributed by atoms with van der Waals surface area (Å²) in [5, 5.41) is 0. The zero-order valence-corrected chi connectivity index (χ0v) is 23.8. The molecule has 4 aromatic carbocycles. The Balaban J connectivity index is 1.59. The van der Waals surface area contributed by atoms with Gasteiger partial charge in [0.25, 0.3) is 0 Å². The van der Waals surface area contributed by atoms with E-state index >= 15 is 0 Å². The van der Waals surface area contributed by atoms with Crippen LogP contribution in [-0.2, 0) is 4.74 Å². The molecular weight excluding hydrogens is 594 g/mol. The SMILES string of the molecule is CC(C)(C)OC(=O)n1c(-c2ccc(N(c3ccc(Br)cc3)c3ccc(Br)cc3)cc2)nc2ccccc21. The number of anilines is 3. The van der Waals surface area contributed by atoms with Crippen molar-refractivity contribution in [1.82, 2.24) is 9.55 Å². The molecule has 5 aromatic rings. The third-order valence-electron chi connectivity index (χ3n) is 5.69. The third-order valence-corrected chi connectivity index (χ3v) is 6.75. The van der Waals surface area contributed by atoms with Gasteiger partial charge >= 0.3 is 6.09 Å². The van der Waals surface area contributed by atoms with Crippen LogP contribution in [0.3, 0.4) is 0 Å². The number of nitrogens with zero attached hydrogens (tertiary/aromatic N) is 3. The number of hydrogen-bond acceptors (Lipinski definition) is 4. The second-order valence-electron chi connectivity index (χ2n) is 9.57. The molecule has 0 fully saturated rings. The molecule has 1 aromatic heterocycles. The van der Waals surface area contributed by atoms with Crippen LogP contribution in [-0.4, -0.2) is 21.2 Å². The quantitative estimate of drug-likeness (QED) is 0.201. The molecule has 5 rings (SSSR count). The number of carbonyl (C=O) groups excluding carboxylic acids is 1. The van der Waals surface area contributed by atoms with E-state index in [1.54, 1.807) is 4.57 Å². The van der Waals surface area contributed by atoms with Crippen molar-refractivity contribution in [2.24, 2.45) is 0 Å². The first kappa shape index (κ1) is 25.2. The first-order valence-electron chi connectivity index (χ1n) is 11.8. The molecule has 0 saturated heterocycles. The van der Waals surface area contributed by atoms with Gasteiger partial charge in [0, 0.05) is 31.6 Å². The monoisotopic (exact) mass is 617 g/mol. The van der Waals surface area contributed by atoms with E-state index in [1.807, 2.05) is 93.6 Å². The summed E-state index contributed by atoms with van der Waals surface area (Å²) in [4.78, 5) is 20.2. The predicted octanol–water partition coefficient (Wildman–Crippen LogP) is 9.48. The first-order valence-corrected chi connectivity index (χ1v) is 13.4. The summed E-state index contributed by atoms with van der Waals surface area (Å²) in [7, 11) is 0. The summed E-state index contributed by atoms with van der Waals surface area (Å²) < 4.78 is 9.30. The lowest BCUT2D eigenvalue weighted by Crippen LogP contribution is -2.27. The molecule has 7 heteroatoms. The van der Waals surface area contributed by atoms with Crippen LogP contribution >= 0.6 is 31.9 Å². The van der Waals surface area contributed by atoms with E-state index in [2.05, 4.69) is 61.0 Å². The average molecular weight is 619 g/mol. The fourth-order valence-corrected chi connectivity index (χ4v) is 4.63. The Morgan fingerprint density at radius 1 is 0.757 bits per heavy atom. The molecule has 0 spiro atoms. The van der Waals surface area contributed by atoms with Crippen LogP contribution in [0.1, 0.15) is 20.8 Å². The predicted molar refractivity (Wildman–Crippen MR) is 157 cm³/mol. The van der Waals surface area contributed by atoms with Crippen LogP contribution in [0.4, 0.5) is 21.9 Å². The summed E-state index contributed by atoms with van der Waals surface area (Å²) in [5.41, 5.74) is 4.67. The molecular formula is C30H25Br2N3O2. The fourth-order valence-electron chi connectivity index (χ4n) is 4.10. The minimum atomic E-state index is -0.626. The number of halogens is 2. The Bertz CT molecular complexity index is 1510. The van der Waals surface area contributed by atoms with Crippen molar-refractivity contribution in [1.29, 1.82) is 0 Å². The zero-order chi connectivity index (χ0) is 26.2.